The molecule has 1 aliphatic heterocycles. The van der Waals surface area contributed by atoms with Gasteiger partial charge in [-0.15, -0.1) is 0 Å². The molecule has 0 saturated carbocycles. The SMILES string of the molecule is Cc1cccc(NC(=O)N2CCCCO2)c1. The molecule has 0 spiro atoms. The van der Waals surface area contributed by atoms with Crippen molar-refractivity contribution in [2.24, 2.45) is 0 Å². The van der Waals surface area contributed by atoms with Gasteiger partial charge < -0.3 is 5.32 Å². The summed E-state index contributed by atoms with van der Waals surface area (Å²) in [6.45, 7) is 3.28. The smallest absolute Gasteiger partial charge is 0.306 e. The number of nitrogens with one attached hydrogen (secondary N) is 1. The van der Waals surface area contributed by atoms with Crippen molar-refractivity contribution in [3.63, 3.8) is 0 Å². The van der Waals surface area contributed by atoms with Crippen molar-refractivity contribution in [2.75, 3.05) is 18.5 Å². The Morgan fingerprint density at radius 2 is 2.31 bits per heavy atom. The molecule has 1 heterocycles. The lowest BCUT2D eigenvalue weighted by Crippen LogP contribution is -2.38. The molecule has 1 aromatic rings. The highest BCUT2D eigenvalue weighted by Gasteiger charge is 2.17. The zero-order valence-electron chi connectivity index (χ0n) is 9.40. The number of rotatable bonds is 1. The van der Waals surface area contributed by atoms with Crippen LogP contribution in [0.1, 0.15) is 18.4 Å². The van der Waals surface area contributed by atoms with Gasteiger partial charge in [0.2, 0.25) is 0 Å². The number of hydrogen-bond donors (Lipinski definition) is 1. The molecule has 86 valence electrons. The Kier molecular flexibility index (Phi) is 3.41. The first kappa shape index (κ1) is 11.0. The molecule has 1 aliphatic rings. The van der Waals surface area contributed by atoms with Gasteiger partial charge in [-0.3, -0.25) is 4.84 Å². The second-order valence-corrected chi connectivity index (χ2v) is 3.94. The van der Waals surface area contributed by atoms with Crippen molar-refractivity contribution in [2.45, 2.75) is 19.8 Å². The standard InChI is InChI=1S/C12H16N2O2/c1-10-5-4-6-11(9-10)13-12(15)14-7-2-3-8-16-14/h4-6,9H,2-3,7-8H2,1H3,(H,13,15). The van der Waals surface area contributed by atoms with Gasteiger partial charge in [0.1, 0.15) is 0 Å². The van der Waals surface area contributed by atoms with Crippen LogP contribution in [0, 0.1) is 6.92 Å². The van der Waals surface area contributed by atoms with Crippen LogP contribution in [0.4, 0.5) is 10.5 Å². The van der Waals surface area contributed by atoms with Gasteiger partial charge in [-0.25, -0.2) is 9.86 Å². The van der Waals surface area contributed by atoms with Crippen LogP contribution in [-0.4, -0.2) is 24.2 Å². The van der Waals surface area contributed by atoms with E-state index in [-0.39, 0.29) is 6.03 Å². The maximum Gasteiger partial charge on any atom is 0.345 e. The van der Waals surface area contributed by atoms with E-state index >= 15 is 0 Å². The summed E-state index contributed by atoms with van der Waals surface area (Å²) in [7, 11) is 0. The van der Waals surface area contributed by atoms with Gasteiger partial charge >= 0.3 is 6.03 Å². The molecule has 0 radical (unpaired) electrons. The second kappa shape index (κ2) is 4.99. The molecule has 1 aromatic carbocycles. The molecule has 0 unspecified atom stereocenters. The number of hydroxylamine groups is 2. The van der Waals surface area contributed by atoms with Crippen LogP contribution in [0.3, 0.4) is 0 Å². The molecule has 1 N–H and O–H groups in total. The quantitative estimate of drug-likeness (QED) is 0.790. The summed E-state index contributed by atoms with van der Waals surface area (Å²) < 4.78 is 0. The zero-order valence-corrected chi connectivity index (χ0v) is 9.40. The number of carbonyl (C=O) groups is 1. The fourth-order valence-corrected chi connectivity index (χ4v) is 1.67. The lowest BCUT2D eigenvalue weighted by Gasteiger charge is -2.25. The summed E-state index contributed by atoms with van der Waals surface area (Å²) in [5.74, 6) is 0. The van der Waals surface area contributed by atoms with Gasteiger partial charge in [0.15, 0.2) is 0 Å². The van der Waals surface area contributed by atoms with Gasteiger partial charge in [0.25, 0.3) is 0 Å². The molecule has 1 fully saturated rings. The van der Waals surface area contributed by atoms with E-state index in [1.807, 2.05) is 31.2 Å². The number of hydrogen-bond acceptors (Lipinski definition) is 2. The van der Waals surface area contributed by atoms with Crippen LogP contribution in [0.15, 0.2) is 24.3 Å². The second-order valence-electron chi connectivity index (χ2n) is 3.94. The van der Waals surface area contributed by atoms with Gasteiger partial charge in [0, 0.05) is 5.69 Å². The summed E-state index contributed by atoms with van der Waals surface area (Å²) in [5, 5.41) is 4.21. The van der Waals surface area contributed by atoms with E-state index in [1.165, 1.54) is 5.06 Å². The van der Waals surface area contributed by atoms with Crippen molar-refractivity contribution in [1.29, 1.82) is 0 Å². The Hall–Kier alpha value is -1.55. The Morgan fingerprint density at radius 3 is 3.00 bits per heavy atom. The first-order valence-electron chi connectivity index (χ1n) is 5.54. The van der Waals surface area contributed by atoms with Gasteiger partial charge in [-0.05, 0) is 37.5 Å². The van der Waals surface area contributed by atoms with E-state index in [2.05, 4.69) is 5.32 Å². The first-order valence-corrected chi connectivity index (χ1v) is 5.54. The third kappa shape index (κ3) is 2.73. The van der Waals surface area contributed by atoms with E-state index in [9.17, 15) is 4.79 Å². The molecule has 4 nitrogen and oxygen atoms in total. The fourth-order valence-electron chi connectivity index (χ4n) is 1.67. The lowest BCUT2D eigenvalue weighted by atomic mass is 10.2. The van der Waals surface area contributed by atoms with Gasteiger partial charge in [-0.1, -0.05) is 12.1 Å². The summed E-state index contributed by atoms with van der Waals surface area (Å²) in [4.78, 5) is 17.0. The van der Waals surface area contributed by atoms with Crippen LogP contribution in [0.25, 0.3) is 0 Å². The Morgan fingerprint density at radius 1 is 1.44 bits per heavy atom. The predicted molar refractivity (Wildman–Crippen MR) is 62.1 cm³/mol. The monoisotopic (exact) mass is 220 g/mol. The van der Waals surface area contributed by atoms with E-state index in [4.69, 9.17) is 4.84 Å². The molecule has 4 heteroatoms. The molecule has 0 aliphatic carbocycles. The van der Waals surface area contributed by atoms with Gasteiger partial charge in [-0.2, -0.15) is 0 Å². The molecule has 0 aromatic heterocycles. The lowest BCUT2D eigenvalue weighted by molar-refractivity contribution is -0.135. The first-order chi connectivity index (χ1) is 7.75. The maximum atomic E-state index is 11.8. The Balaban J connectivity index is 1.96. The number of urea groups is 1. The Bertz CT molecular complexity index is 373. The molecular weight excluding hydrogens is 204 g/mol. The van der Waals surface area contributed by atoms with Crippen LogP contribution >= 0.6 is 0 Å². The van der Waals surface area contributed by atoms with Crippen molar-refractivity contribution in [3.05, 3.63) is 29.8 Å². The molecule has 0 atom stereocenters. The van der Waals surface area contributed by atoms with Crippen molar-refractivity contribution in [3.8, 4) is 0 Å². The number of carbonyl (C=O) groups excluding carboxylic acids is 1. The average Bonchev–Trinajstić information content (AvgIpc) is 2.30. The van der Waals surface area contributed by atoms with Crippen molar-refractivity contribution in [1.82, 2.24) is 5.06 Å². The highest BCUT2D eigenvalue weighted by Crippen LogP contribution is 2.12. The van der Waals surface area contributed by atoms with Gasteiger partial charge in [0.05, 0.1) is 13.2 Å². The topological polar surface area (TPSA) is 41.6 Å². The van der Waals surface area contributed by atoms with E-state index in [0.717, 1.165) is 24.1 Å². The highest BCUT2D eigenvalue weighted by molar-refractivity contribution is 5.88. The number of amides is 2. The van der Waals surface area contributed by atoms with Crippen LogP contribution in [0.5, 0.6) is 0 Å². The summed E-state index contributed by atoms with van der Waals surface area (Å²) >= 11 is 0. The normalized spacial score (nSPS) is 15.9. The molecule has 16 heavy (non-hydrogen) atoms. The minimum atomic E-state index is -0.190. The largest absolute Gasteiger partial charge is 0.345 e. The maximum absolute atomic E-state index is 11.8. The van der Waals surface area contributed by atoms with E-state index < -0.39 is 0 Å². The molecule has 2 rings (SSSR count). The molecule has 2 amide bonds. The summed E-state index contributed by atoms with van der Waals surface area (Å²) in [5.41, 5.74) is 1.93. The third-order valence-electron chi connectivity index (χ3n) is 2.50. The van der Waals surface area contributed by atoms with E-state index in [1.54, 1.807) is 0 Å². The average molecular weight is 220 g/mol. The molecule has 1 saturated heterocycles. The fraction of sp³-hybridized carbons (Fsp3) is 0.417. The molecule has 0 bridgehead atoms. The van der Waals surface area contributed by atoms with Crippen LogP contribution in [-0.2, 0) is 4.84 Å². The minimum Gasteiger partial charge on any atom is -0.306 e. The zero-order chi connectivity index (χ0) is 11.4. The summed E-state index contributed by atoms with van der Waals surface area (Å²) in [6.07, 6.45) is 2.02. The minimum absolute atomic E-state index is 0.190. The predicted octanol–water partition coefficient (Wildman–Crippen LogP) is 2.55. The Labute approximate surface area is 95.2 Å². The third-order valence-corrected chi connectivity index (χ3v) is 2.50. The highest BCUT2D eigenvalue weighted by atomic mass is 16.7. The number of benzene rings is 1. The van der Waals surface area contributed by atoms with Crippen molar-refractivity contribution < 1.29 is 9.63 Å². The van der Waals surface area contributed by atoms with Crippen LogP contribution in [0.2, 0.25) is 0 Å². The van der Waals surface area contributed by atoms with Crippen LogP contribution < -0.4 is 5.32 Å². The van der Waals surface area contributed by atoms with E-state index in [0.29, 0.717) is 13.2 Å². The number of nitrogens with zero attached hydrogens (tertiary/aromatic N) is 1. The number of aryl methyl sites for hydroxylation is 1. The summed E-state index contributed by atoms with van der Waals surface area (Å²) in [6, 6.07) is 7.52. The molecular formula is C12H16N2O2. The number of anilines is 1. The van der Waals surface area contributed by atoms with Crippen molar-refractivity contribution >= 4 is 11.7 Å².